The lowest BCUT2D eigenvalue weighted by molar-refractivity contribution is 0.281. The predicted molar refractivity (Wildman–Crippen MR) is 76.7 cm³/mol. The average Bonchev–Trinajstić information content (AvgIpc) is 2.48. The summed E-state index contributed by atoms with van der Waals surface area (Å²) in [6.45, 7) is 1.85. The lowest BCUT2D eigenvalue weighted by Gasteiger charge is -2.09. The zero-order valence-corrected chi connectivity index (χ0v) is 11.1. The van der Waals surface area contributed by atoms with Gasteiger partial charge in [0.25, 0.3) is 0 Å². The third kappa shape index (κ3) is 2.46. The molecule has 100 valence electrons. The van der Waals surface area contributed by atoms with Crippen molar-refractivity contribution in [2.45, 2.75) is 13.5 Å². The number of aliphatic hydroxyl groups is 1. The molecule has 0 amide bonds. The van der Waals surface area contributed by atoms with Crippen LogP contribution >= 0.6 is 0 Å². The van der Waals surface area contributed by atoms with E-state index in [0.717, 1.165) is 22.3 Å². The summed E-state index contributed by atoms with van der Waals surface area (Å²) in [4.78, 5) is 8.96. The second-order valence-electron chi connectivity index (χ2n) is 4.51. The number of rotatable bonds is 3. The molecule has 4 heteroatoms. The van der Waals surface area contributed by atoms with Gasteiger partial charge in [-0.3, -0.25) is 0 Å². The van der Waals surface area contributed by atoms with Gasteiger partial charge in [0.15, 0.2) is 0 Å². The molecule has 0 radical (unpaired) electrons. The fourth-order valence-electron chi connectivity index (χ4n) is 1.99. The molecule has 4 nitrogen and oxygen atoms in total. The van der Waals surface area contributed by atoms with Gasteiger partial charge in [-0.25, -0.2) is 9.97 Å². The molecular weight excluding hydrogens is 252 g/mol. The maximum absolute atomic E-state index is 9.14. The van der Waals surface area contributed by atoms with Crippen LogP contribution < -0.4 is 4.74 Å². The van der Waals surface area contributed by atoms with E-state index in [0.29, 0.717) is 11.6 Å². The van der Waals surface area contributed by atoms with Crippen LogP contribution in [-0.4, -0.2) is 15.1 Å². The first-order chi connectivity index (χ1) is 9.76. The maximum Gasteiger partial charge on any atom is 0.241 e. The van der Waals surface area contributed by atoms with Gasteiger partial charge in [0.1, 0.15) is 11.4 Å². The van der Waals surface area contributed by atoms with Gasteiger partial charge in [0, 0.05) is 0 Å². The van der Waals surface area contributed by atoms with Crippen LogP contribution in [0.15, 0.2) is 48.5 Å². The minimum atomic E-state index is -0.0143. The summed E-state index contributed by atoms with van der Waals surface area (Å²) >= 11 is 0. The van der Waals surface area contributed by atoms with Crippen molar-refractivity contribution in [1.29, 1.82) is 0 Å². The molecule has 2 aromatic carbocycles. The number of aliphatic hydroxyl groups excluding tert-OH is 1. The predicted octanol–water partition coefficient (Wildman–Crippen LogP) is 3.22. The number of benzene rings is 2. The Morgan fingerprint density at radius 1 is 1.00 bits per heavy atom. The van der Waals surface area contributed by atoms with Crippen molar-refractivity contribution in [3.05, 3.63) is 59.8 Å². The molecule has 0 unspecified atom stereocenters. The van der Waals surface area contributed by atoms with Gasteiger partial charge >= 0.3 is 0 Å². The van der Waals surface area contributed by atoms with Gasteiger partial charge in [-0.15, -0.1) is 0 Å². The fourth-order valence-corrected chi connectivity index (χ4v) is 1.99. The Kier molecular flexibility index (Phi) is 3.31. The molecule has 3 rings (SSSR count). The van der Waals surface area contributed by atoms with Crippen molar-refractivity contribution in [3.8, 4) is 11.6 Å². The topological polar surface area (TPSA) is 55.2 Å². The quantitative estimate of drug-likeness (QED) is 0.790. The zero-order valence-electron chi connectivity index (χ0n) is 11.1. The van der Waals surface area contributed by atoms with E-state index in [2.05, 4.69) is 9.97 Å². The smallest absolute Gasteiger partial charge is 0.241 e. The number of nitrogens with zero attached hydrogens (tertiary/aromatic N) is 2. The number of ether oxygens (including phenoxy) is 1. The van der Waals surface area contributed by atoms with Crippen molar-refractivity contribution in [1.82, 2.24) is 9.97 Å². The Balaban J connectivity index is 1.99. The fraction of sp³-hybridized carbons (Fsp3) is 0.125. The molecule has 0 aliphatic heterocycles. The minimum Gasteiger partial charge on any atom is -0.437 e. The first-order valence-electron chi connectivity index (χ1n) is 6.37. The van der Waals surface area contributed by atoms with E-state index in [1.54, 1.807) is 6.07 Å². The Labute approximate surface area is 116 Å². The highest BCUT2D eigenvalue weighted by Gasteiger charge is 2.07. The van der Waals surface area contributed by atoms with E-state index in [-0.39, 0.29) is 6.61 Å². The van der Waals surface area contributed by atoms with E-state index < -0.39 is 0 Å². The molecule has 0 bridgehead atoms. The standard InChI is InChI=1S/C16H14N2O2/c1-11-16(18-15-8-3-2-7-14(15)17-11)20-13-6-4-5-12(9-13)10-19/h2-9,19H,10H2,1H3. The molecule has 3 aromatic rings. The highest BCUT2D eigenvalue weighted by atomic mass is 16.5. The van der Waals surface area contributed by atoms with Crippen LogP contribution in [0.4, 0.5) is 0 Å². The van der Waals surface area contributed by atoms with Crippen molar-refractivity contribution in [3.63, 3.8) is 0 Å². The molecule has 1 N–H and O–H groups in total. The van der Waals surface area contributed by atoms with Crippen molar-refractivity contribution < 1.29 is 9.84 Å². The normalized spacial score (nSPS) is 10.7. The summed E-state index contributed by atoms with van der Waals surface area (Å²) in [5, 5.41) is 9.14. The lowest BCUT2D eigenvalue weighted by Crippen LogP contribution is -1.96. The Bertz CT molecular complexity index is 756. The summed E-state index contributed by atoms with van der Waals surface area (Å²) < 4.78 is 5.78. The van der Waals surface area contributed by atoms with E-state index >= 15 is 0 Å². The summed E-state index contributed by atoms with van der Waals surface area (Å²) in [7, 11) is 0. The molecule has 0 saturated heterocycles. The highest BCUT2D eigenvalue weighted by molar-refractivity contribution is 5.74. The number of aryl methyl sites for hydroxylation is 1. The van der Waals surface area contributed by atoms with Crippen molar-refractivity contribution in [2.24, 2.45) is 0 Å². The molecule has 20 heavy (non-hydrogen) atoms. The first kappa shape index (κ1) is 12.6. The molecule has 1 heterocycles. The number of fused-ring (bicyclic) bond motifs is 1. The van der Waals surface area contributed by atoms with Crippen LogP contribution in [0.25, 0.3) is 11.0 Å². The second-order valence-corrected chi connectivity index (χ2v) is 4.51. The zero-order chi connectivity index (χ0) is 13.9. The van der Waals surface area contributed by atoms with Crippen LogP contribution in [0.5, 0.6) is 11.6 Å². The van der Waals surface area contributed by atoms with Crippen LogP contribution in [-0.2, 0) is 6.61 Å². The molecule has 0 aliphatic carbocycles. The van der Waals surface area contributed by atoms with Crippen LogP contribution in [0.3, 0.4) is 0 Å². The minimum absolute atomic E-state index is 0.0143. The van der Waals surface area contributed by atoms with Gasteiger partial charge in [-0.1, -0.05) is 24.3 Å². The van der Waals surface area contributed by atoms with E-state index in [1.807, 2.05) is 49.4 Å². The van der Waals surface area contributed by atoms with E-state index in [1.165, 1.54) is 0 Å². The summed E-state index contributed by atoms with van der Waals surface area (Å²) in [6.07, 6.45) is 0. The monoisotopic (exact) mass is 266 g/mol. The molecular formula is C16H14N2O2. The first-order valence-corrected chi connectivity index (χ1v) is 6.37. The van der Waals surface area contributed by atoms with Gasteiger partial charge in [0.2, 0.25) is 5.88 Å². The Hall–Kier alpha value is -2.46. The van der Waals surface area contributed by atoms with Gasteiger partial charge in [0.05, 0.1) is 17.6 Å². The van der Waals surface area contributed by atoms with Crippen molar-refractivity contribution >= 4 is 11.0 Å². The maximum atomic E-state index is 9.14. The van der Waals surface area contributed by atoms with Crippen molar-refractivity contribution in [2.75, 3.05) is 0 Å². The van der Waals surface area contributed by atoms with E-state index in [9.17, 15) is 0 Å². The molecule has 1 aromatic heterocycles. The molecule has 0 fully saturated rings. The van der Waals surface area contributed by atoms with Gasteiger partial charge in [-0.05, 0) is 36.8 Å². The lowest BCUT2D eigenvalue weighted by atomic mass is 10.2. The summed E-state index contributed by atoms with van der Waals surface area (Å²) in [6, 6.07) is 15.0. The number of para-hydroxylation sites is 2. The Morgan fingerprint density at radius 3 is 2.50 bits per heavy atom. The SMILES string of the molecule is Cc1nc2ccccc2nc1Oc1cccc(CO)c1. The summed E-state index contributed by atoms with van der Waals surface area (Å²) in [5.74, 6) is 1.13. The third-order valence-corrected chi connectivity index (χ3v) is 3.00. The number of hydrogen-bond acceptors (Lipinski definition) is 4. The van der Waals surface area contributed by atoms with Crippen LogP contribution in [0.1, 0.15) is 11.3 Å². The summed E-state index contributed by atoms with van der Waals surface area (Å²) in [5.41, 5.74) is 3.18. The molecule has 0 aliphatic rings. The van der Waals surface area contributed by atoms with Crippen LogP contribution in [0, 0.1) is 6.92 Å². The van der Waals surface area contributed by atoms with Gasteiger partial charge in [-0.2, -0.15) is 0 Å². The van der Waals surface area contributed by atoms with E-state index in [4.69, 9.17) is 9.84 Å². The largest absolute Gasteiger partial charge is 0.437 e. The van der Waals surface area contributed by atoms with Gasteiger partial charge < -0.3 is 9.84 Å². The average molecular weight is 266 g/mol. The molecule has 0 spiro atoms. The number of aromatic nitrogens is 2. The van der Waals surface area contributed by atoms with Crippen LogP contribution in [0.2, 0.25) is 0 Å². The molecule has 0 atom stereocenters. The third-order valence-electron chi connectivity index (χ3n) is 3.00. The Morgan fingerprint density at radius 2 is 1.75 bits per heavy atom. The second kappa shape index (κ2) is 5.27. The highest BCUT2D eigenvalue weighted by Crippen LogP contribution is 2.24. The number of hydrogen-bond donors (Lipinski definition) is 1. The molecule has 0 saturated carbocycles.